The van der Waals surface area contributed by atoms with E-state index in [0.717, 1.165) is 18.5 Å². The Balaban J connectivity index is 1.59. The molecule has 1 aromatic heterocycles. The van der Waals surface area contributed by atoms with Crippen LogP contribution in [0.5, 0.6) is 0 Å². The van der Waals surface area contributed by atoms with E-state index in [1.54, 1.807) is 6.20 Å². The van der Waals surface area contributed by atoms with Gasteiger partial charge in [-0.2, -0.15) is 0 Å². The molecule has 2 aromatic rings. The van der Waals surface area contributed by atoms with E-state index in [9.17, 15) is 4.79 Å². The lowest BCUT2D eigenvalue weighted by Gasteiger charge is -2.42. The molecule has 5 nitrogen and oxygen atoms in total. The van der Waals surface area contributed by atoms with Gasteiger partial charge in [-0.05, 0) is 24.0 Å². The number of amides is 1. The van der Waals surface area contributed by atoms with E-state index >= 15 is 0 Å². The first-order valence-corrected chi connectivity index (χ1v) is 8.97. The van der Waals surface area contributed by atoms with Gasteiger partial charge in [-0.15, -0.1) is 0 Å². The summed E-state index contributed by atoms with van der Waals surface area (Å²) in [5.41, 5.74) is 6.90. The third-order valence-corrected chi connectivity index (χ3v) is 5.24. The molecule has 1 aliphatic rings. The number of benzene rings is 1. The van der Waals surface area contributed by atoms with Crippen LogP contribution in [0.25, 0.3) is 11.3 Å². The SMILES string of the molecule is CC1(C)CN(C(=O)CCc2ncc(-c3ccccc3Cl)o2)CCC1N. The predicted octanol–water partition coefficient (Wildman–Crippen LogP) is 3.51. The van der Waals surface area contributed by atoms with E-state index in [1.165, 1.54) is 0 Å². The second kappa shape index (κ2) is 7.18. The summed E-state index contributed by atoms with van der Waals surface area (Å²) in [6, 6.07) is 7.60. The van der Waals surface area contributed by atoms with E-state index in [0.29, 0.717) is 36.1 Å². The minimum Gasteiger partial charge on any atom is -0.441 e. The van der Waals surface area contributed by atoms with Crippen LogP contribution in [0.2, 0.25) is 5.02 Å². The Morgan fingerprint density at radius 2 is 2.20 bits per heavy atom. The summed E-state index contributed by atoms with van der Waals surface area (Å²) in [6.45, 7) is 5.64. The van der Waals surface area contributed by atoms with Gasteiger partial charge < -0.3 is 15.1 Å². The quantitative estimate of drug-likeness (QED) is 0.904. The highest BCUT2D eigenvalue weighted by atomic mass is 35.5. The van der Waals surface area contributed by atoms with Crippen LogP contribution < -0.4 is 5.73 Å². The van der Waals surface area contributed by atoms with Gasteiger partial charge in [0.15, 0.2) is 11.7 Å². The maximum absolute atomic E-state index is 12.5. The molecule has 3 rings (SSSR count). The lowest BCUT2D eigenvalue weighted by atomic mass is 9.79. The van der Waals surface area contributed by atoms with Gasteiger partial charge in [-0.25, -0.2) is 4.98 Å². The van der Waals surface area contributed by atoms with Crippen LogP contribution in [0.4, 0.5) is 0 Å². The molecule has 1 unspecified atom stereocenters. The number of likely N-dealkylation sites (tertiary alicyclic amines) is 1. The lowest BCUT2D eigenvalue weighted by Crippen LogP contribution is -2.54. The minimum atomic E-state index is -0.0475. The normalized spacial score (nSPS) is 19.8. The first-order chi connectivity index (χ1) is 11.9. The largest absolute Gasteiger partial charge is 0.441 e. The highest BCUT2D eigenvalue weighted by molar-refractivity contribution is 6.33. The standard InChI is InChI=1S/C19H24ClN3O2/c1-19(2)12-23(10-9-16(19)21)18(24)8-7-17-22-11-15(25-17)13-5-3-4-6-14(13)20/h3-6,11,16H,7-10,12,21H2,1-2H3. The Hall–Kier alpha value is -1.85. The van der Waals surface area contributed by atoms with Crippen molar-refractivity contribution in [3.63, 3.8) is 0 Å². The Morgan fingerprint density at radius 3 is 2.92 bits per heavy atom. The van der Waals surface area contributed by atoms with Crippen molar-refractivity contribution < 1.29 is 9.21 Å². The van der Waals surface area contributed by atoms with Gasteiger partial charge >= 0.3 is 0 Å². The van der Waals surface area contributed by atoms with Crippen LogP contribution in [0.15, 0.2) is 34.9 Å². The molecule has 2 heterocycles. The number of piperidine rings is 1. The fraction of sp³-hybridized carbons (Fsp3) is 0.474. The number of nitrogens with two attached hydrogens (primary N) is 1. The van der Waals surface area contributed by atoms with Crippen molar-refractivity contribution in [2.24, 2.45) is 11.1 Å². The zero-order valence-electron chi connectivity index (χ0n) is 14.7. The number of hydrogen-bond donors (Lipinski definition) is 1. The number of rotatable bonds is 4. The van der Waals surface area contributed by atoms with Crippen molar-refractivity contribution >= 4 is 17.5 Å². The molecule has 6 heteroatoms. The summed E-state index contributed by atoms with van der Waals surface area (Å²) in [7, 11) is 0. The summed E-state index contributed by atoms with van der Waals surface area (Å²) >= 11 is 6.18. The fourth-order valence-corrected chi connectivity index (χ4v) is 3.40. The molecule has 0 radical (unpaired) electrons. The number of carbonyl (C=O) groups is 1. The first kappa shape index (κ1) is 18.0. The van der Waals surface area contributed by atoms with E-state index in [-0.39, 0.29) is 17.4 Å². The molecular formula is C19H24ClN3O2. The number of hydrogen-bond acceptors (Lipinski definition) is 4. The number of nitrogens with zero attached hydrogens (tertiary/aromatic N) is 2. The molecule has 1 fully saturated rings. The van der Waals surface area contributed by atoms with Crippen molar-refractivity contribution in [3.05, 3.63) is 41.4 Å². The third-order valence-electron chi connectivity index (χ3n) is 4.91. The van der Waals surface area contributed by atoms with Crippen molar-refractivity contribution in [1.82, 2.24) is 9.88 Å². The highest BCUT2D eigenvalue weighted by Crippen LogP contribution is 2.29. The van der Waals surface area contributed by atoms with Crippen LogP contribution in [0, 0.1) is 5.41 Å². The Labute approximate surface area is 153 Å². The van der Waals surface area contributed by atoms with Gasteiger partial charge in [0.05, 0.1) is 11.2 Å². The molecule has 1 amide bonds. The van der Waals surface area contributed by atoms with E-state index in [4.69, 9.17) is 21.8 Å². The molecule has 0 bridgehead atoms. The summed E-state index contributed by atoms with van der Waals surface area (Å²) in [5.74, 6) is 1.30. The second-order valence-electron chi connectivity index (χ2n) is 7.30. The van der Waals surface area contributed by atoms with E-state index < -0.39 is 0 Å². The molecule has 25 heavy (non-hydrogen) atoms. The third kappa shape index (κ3) is 4.05. The maximum atomic E-state index is 12.5. The van der Waals surface area contributed by atoms with Gasteiger partial charge in [-0.3, -0.25) is 4.79 Å². The monoisotopic (exact) mass is 361 g/mol. The van der Waals surface area contributed by atoms with Crippen molar-refractivity contribution in [3.8, 4) is 11.3 Å². The van der Waals surface area contributed by atoms with Crippen molar-refractivity contribution in [2.75, 3.05) is 13.1 Å². The maximum Gasteiger partial charge on any atom is 0.223 e. The van der Waals surface area contributed by atoms with Gasteiger partial charge in [0.2, 0.25) is 5.91 Å². The molecule has 1 atom stereocenters. The smallest absolute Gasteiger partial charge is 0.223 e. The Morgan fingerprint density at radius 1 is 1.44 bits per heavy atom. The molecule has 1 aromatic carbocycles. The molecule has 0 spiro atoms. The first-order valence-electron chi connectivity index (χ1n) is 8.60. The number of aromatic nitrogens is 1. The Bertz CT molecular complexity index is 757. The van der Waals surface area contributed by atoms with Gasteiger partial charge in [0, 0.05) is 37.5 Å². The number of halogens is 1. The molecule has 0 saturated carbocycles. The number of oxazole rings is 1. The van der Waals surface area contributed by atoms with E-state index in [1.807, 2.05) is 29.2 Å². The Kier molecular flexibility index (Phi) is 5.16. The summed E-state index contributed by atoms with van der Waals surface area (Å²) < 4.78 is 5.76. The molecule has 2 N–H and O–H groups in total. The molecule has 0 aliphatic carbocycles. The second-order valence-corrected chi connectivity index (χ2v) is 7.70. The average molecular weight is 362 g/mol. The van der Waals surface area contributed by atoms with Crippen LogP contribution >= 0.6 is 11.6 Å². The lowest BCUT2D eigenvalue weighted by molar-refractivity contribution is -0.134. The topological polar surface area (TPSA) is 72.4 Å². The highest BCUT2D eigenvalue weighted by Gasteiger charge is 2.35. The van der Waals surface area contributed by atoms with Crippen LogP contribution in [0.3, 0.4) is 0 Å². The molecular weight excluding hydrogens is 338 g/mol. The summed E-state index contributed by atoms with van der Waals surface area (Å²) in [4.78, 5) is 18.7. The summed E-state index contributed by atoms with van der Waals surface area (Å²) in [6.07, 6.45) is 3.36. The van der Waals surface area contributed by atoms with Crippen molar-refractivity contribution in [1.29, 1.82) is 0 Å². The zero-order chi connectivity index (χ0) is 18.0. The minimum absolute atomic E-state index is 0.0475. The van der Waals surface area contributed by atoms with E-state index in [2.05, 4.69) is 18.8 Å². The van der Waals surface area contributed by atoms with Crippen LogP contribution in [0.1, 0.15) is 32.6 Å². The van der Waals surface area contributed by atoms with Gasteiger partial charge in [0.1, 0.15) is 0 Å². The average Bonchev–Trinajstić information content (AvgIpc) is 3.04. The predicted molar refractivity (Wildman–Crippen MR) is 98.2 cm³/mol. The molecule has 1 saturated heterocycles. The summed E-state index contributed by atoms with van der Waals surface area (Å²) in [5, 5.41) is 0.619. The van der Waals surface area contributed by atoms with Gasteiger partial charge in [-0.1, -0.05) is 37.6 Å². The fourth-order valence-electron chi connectivity index (χ4n) is 3.17. The van der Waals surface area contributed by atoms with Crippen LogP contribution in [-0.4, -0.2) is 34.9 Å². The number of aryl methyl sites for hydroxylation is 1. The van der Waals surface area contributed by atoms with Gasteiger partial charge in [0.25, 0.3) is 0 Å². The van der Waals surface area contributed by atoms with Crippen LogP contribution in [-0.2, 0) is 11.2 Å². The zero-order valence-corrected chi connectivity index (χ0v) is 15.4. The molecule has 1 aliphatic heterocycles. The molecule has 134 valence electrons. The number of carbonyl (C=O) groups excluding carboxylic acids is 1. The van der Waals surface area contributed by atoms with Crippen molar-refractivity contribution in [2.45, 2.75) is 39.2 Å².